The minimum Gasteiger partial charge on any atom is -0.497 e. The van der Waals surface area contributed by atoms with Crippen molar-refractivity contribution in [3.63, 3.8) is 0 Å². The van der Waals surface area contributed by atoms with E-state index in [-0.39, 0.29) is 5.56 Å². The summed E-state index contributed by atoms with van der Waals surface area (Å²) in [6.07, 6.45) is 0. The summed E-state index contributed by atoms with van der Waals surface area (Å²) in [7, 11) is 1.62. The molecule has 0 saturated heterocycles. The maximum Gasteiger partial charge on any atom is 0.335 e. The van der Waals surface area contributed by atoms with Crippen molar-refractivity contribution < 1.29 is 14.6 Å². The van der Waals surface area contributed by atoms with Gasteiger partial charge < -0.3 is 9.84 Å². The molecule has 0 saturated carbocycles. The van der Waals surface area contributed by atoms with E-state index in [2.05, 4.69) is 0 Å². The fraction of sp³-hybridized carbons (Fsp3) is 0.133. The lowest BCUT2D eigenvalue weighted by Gasteiger charge is -2.07. The topological polar surface area (TPSA) is 46.5 Å². The van der Waals surface area contributed by atoms with Crippen LogP contribution in [0, 0.1) is 6.92 Å². The molecule has 0 aliphatic heterocycles. The predicted molar refractivity (Wildman–Crippen MR) is 70.1 cm³/mol. The van der Waals surface area contributed by atoms with Crippen molar-refractivity contribution in [1.29, 1.82) is 0 Å². The van der Waals surface area contributed by atoms with Gasteiger partial charge in [-0.2, -0.15) is 0 Å². The number of hydrogen-bond donors (Lipinski definition) is 1. The van der Waals surface area contributed by atoms with Crippen LogP contribution < -0.4 is 4.74 Å². The van der Waals surface area contributed by atoms with E-state index in [0.717, 1.165) is 22.4 Å². The summed E-state index contributed by atoms with van der Waals surface area (Å²) in [5.41, 5.74) is 3.19. The number of carboxylic acid groups (broad SMARTS) is 1. The van der Waals surface area contributed by atoms with Crippen LogP contribution in [0.1, 0.15) is 15.9 Å². The highest BCUT2D eigenvalue weighted by Crippen LogP contribution is 2.26. The molecular weight excluding hydrogens is 228 g/mol. The number of rotatable bonds is 3. The highest BCUT2D eigenvalue weighted by Gasteiger charge is 2.06. The third-order valence-corrected chi connectivity index (χ3v) is 2.73. The van der Waals surface area contributed by atoms with E-state index in [1.165, 1.54) is 0 Å². The van der Waals surface area contributed by atoms with Crippen molar-refractivity contribution in [2.75, 3.05) is 7.11 Å². The second-order valence-electron chi connectivity index (χ2n) is 4.12. The molecule has 2 rings (SSSR count). The van der Waals surface area contributed by atoms with E-state index >= 15 is 0 Å². The van der Waals surface area contributed by atoms with Gasteiger partial charge in [-0.15, -0.1) is 0 Å². The third-order valence-electron chi connectivity index (χ3n) is 2.73. The molecule has 0 bridgehead atoms. The zero-order valence-corrected chi connectivity index (χ0v) is 10.3. The normalized spacial score (nSPS) is 10.1. The van der Waals surface area contributed by atoms with Gasteiger partial charge in [-0.1, -0.05) is 18.2 Å². The van der Waals surface area contributed by atoms with Crippen molar-refractivity contribution in [1.82, 2.24) is 0 Å². The predicted octanol–water partition coefficient (Wildman–Crippen LogP) is 3.37. The van der Waals surface area contributed by atoms with E-state index in [4.69, 9.17) is 9.84 Å². The number of carbonyl (C=O) groups is 1. The first-order chi connectivity index (χ1) is 8.60. The molecule has 0 atom stereocenters. The second-order valence-corrected chi connectivity index (χ2v) is 4.12. The molecule has 3 heteroatoms. The molecule has 1 N–H and O–H groups in total. The van der Waals surface area contributed by atoms with Gasteiger partial charge in [-0.05, 0) is 47.9 Å². The Morgan fingerprint density at radius 1 is 1.11 bits per heavy atom. The summed E-state index contributed by atoms with van der Waals surface area (Å²) in [6, 6.07) is 12.7. The average Bonchev–Trinajstić information content (AvgIpc) is 2.38. The van der Waals surface area contributed by atoms with E-state index in [0.29, 0.717) is 0 Å². The first-order valence-electron chi connectivity index (χ1n) is 5.59. The molecule has 0 unspecified atom stereocenters. The standard InChI is InChI=1S/C15H14O3/c1-10-6-13(9-14(7-10)18-2)11-4-3-5-12(8-11)15(16)17/h3-9H,1-2H3,(H,16,17). The van der Waals surface area contributed by atoms with Crippen molar-refractivity contribution in [3.8, 4) is 16.9 Å². The minimum atomic E-state index is -0.920. The second kappa shape index (κ2) is 4.92. The quantitative estimate of drug-likeness (QED) is 0.897. The monoisotopic (exact) mass is 242 g/mol. The highest BCUT2D eigenvalue weighted by molar-refractivity contribution is 5.89. The SMILES string of the molecule is COc1cc(C)cc(-c2cccc(C(=O)O)c2)c1. The zero-order valence-electron chi connectivity index (χ0n) is 10.3. The maximum absolute atomic E-state index is 10.9. The molecule has 18 heavy (non-hydrogen) atoms. The molecule has 2 aromatic carbocycles. The van der Waals surface area contributed by atoms with Crippen LogP contribution in [0.15, 0.2) is 42.5 Å². The number of hydrogen-bond acceptors (Lipinski definition) is 2. The molecule has 0 aromatic heterocycles. The van der Waals surface area contributed by atoms with Gasteiger partial charge in [-0.25, -0.2) is 4.79 Å². The fourth-order valence-electron chi connectivity index (χ4n) is 1.86. The summed E-state index contributed by atoms with van der Waals surface area (Å²) in [4.78, 5) is 10.9. The van der Waals surface area contributed by atoms with Crippen LogP contribution in [0.5, 0.6) is 5.75 Å². The van der Waals surface area contributed by atoms with Gasteiger partial charge >= 0.3 is 5.97 Å². The first kappa shape index (κ1) is 12.2. The molecule has 0 aliphatic rings. The van der Waals surface area contributed by atoms with E-state index in [9.17, 15) is 4.79 Å². The van der Waals surface area contributed by atoms with E-state index < -0.39 is 5.97 Å². The van der Waals surface area contributed by atoms with Crippen molar-refractivity contribution in [2.24, 2.45) is 0 Å². The highest BCUT2D eigenvalue weighted by atomic mass is 16.5. The number of aryl methyl sites for hydroxylation is 1. The lowest BCUT2D eigenvalue weighted by Crippen LogP contribution is -1.96. The van der Waals surface area contributed by atoms with Crippen molar-refractivity contribution >= 4 is 5.97 Å². The van der Waals surface area contributed by atoms with Crippen LogP contribution in [-0.4, -0.2) is 18.2 Å². The lowest BCUT2D eigenvalue weighted by atomic mass is 10.0. The van der Waals surface area contributed by atoms with Crippen LogP contribution >= 0.6 is 0 Å². The van der Waals surface area contributed by atoms with Gasteiger partial charge in [0, 0.05) is 0 Å². The van der Waals surface area contributed by atoms with Crippen LogP contribution in [0.4, 0.5) is 0 Å². The van der Waals surface area contributed by atoms with Crippen LogP contribution in [-0.2, 0) is 0 Å². The van der Waals surface area contributed by atoms with Crippen LogP contribution in [0.3, 0.4) is 0 Å². The molecule has 0 amide bonds. The third kappa shape index (κ3) is 2.51. The molecule has 0 heterocycles. The van der Waals surface area contributed by atoms with Crippen molar-refractivity contribution in [3.05, 3.63) is 53.6 Å². The van der Waals surface area contributed by atoms with Gasteiger partial charge in [0.15, 0.2) is 0 Å². The number of aromatic carboxylic acids is 1. The van der Waals surface area contributed by atoms with Gasteiger partial charge in [0.25, 0.3) is 0 Å². The number of benzene rings is 2. The molecule has 92 valence electrons. The molecular formula is C15H14O3. The fourth-order valence-corrected chi connectivity index (χ4v) is 1.86. The maximum atomic E-state index is 10.9. The lowest BCUT2D eigenvalue weighted by molar-refractivity contribution is 0.0697. The Hall–Kier alpha value is -2.29. The molecule has 0 radical (unpaired) electrons. The summed E-state index contributed by atoms with van der Waals surface area (Å²) in [5, 5.41) is 8.99. The Bertz CT molecular complexity index is 588. The summed E-state index contributed by atoms with van der Waals surface area (Å²) in [6.45, 7) is 1.98. The smallest absolute Gasteiger partial charge is 0.335 e. The largest absolute Gasteiger partial charge is 0.497 e. The summed E-state index contributed by atoms with van der Waals surface area (Å²) >= 11 is 0. The summed E-state index contributed by atoms with van der Waals surface area (Å²) in [5.74, 6) is -0.151. The number of methoxy groups -OCH3 is 1. The van der Waals surface area contributed by atoms with Crippen LogP contribution in [0.25, 0.3) is 11.1 Å². The van der Waals surface area contributed by atoms with Gasteiger partial charge in [0.2, 0.25) is 0 Å². The van der Waals surface area contributed by atoms with Crippen LogP contribution in [0.2, 0.25) is 0 Å². The van der Waals surface area contributed by atoms with E-state index in [1.807, 2.05) is 31.2 Å². The molecule has 2 aromatic rings. The zero-order chi connectivity index (χ0) is 13.1. The van der Waals surface area contributed by atoms with Gasteiger partial charge in [-0.3, -0.25) is 0 Å². The molecule has 0 fully saturated rings. The average molecular weight is 242 g/mol. The Morgan fingerprint density at radius 3 is 2.56 bits per heavy atom. The molecule has 0 spiro atoms. The Labute approximate surface area is 106 Å². The number of carboxylic acids is 1. The Balaban J connectivity index is 2.51. The summed E-state index contributed by atoms with van der Waals surface area (Å²) < 4.78 is 5.22. The van der Waals surface area contributed by atoms with Gasteiger partial charge in [0.1, 0.15) is 5.75 Å². The van der Waals surface area contributed by atoms with Gasteiger partial charge in [0.05, 0.1) is 12.7 Å². The van der Waals surface area contributed by atoms with E-state index in [1.54, 1.807) is 25.3 Å². The Kier molecular flexibility index (Phi) is 3.33. The first-order valence-corrected chi connectivity index (χ1v) is 5.59. The van der Waals surface area contributed by atoms with Crippen molar-refractivity contribution in [2.45, 2.75) is 6.92 Å². The number of ether oxygens (including phenoxy) is 1. The molecule has 3 nitrogen and oxygen atoms in total. The molecule has 0 aliphatic carbocycles. The minimum absolute atomic E-state index is 0.285. The Morgan fingerprint density at radius 2 is 1.89 bits per heavy atom.